The molecule has 0 saturated carbocycles. The largest absolute Gasteiger partial charge is 0.477 e. The summed E-state index contributed by atoms with van der Waals surface area (Å²) in [5.74, 6) is -1.06. The molecule has 0 fully saturated rings. The molecule has 2 heterocycles. The number of aryl methyl sites for hydroxylation is 1. The molecule has 0 aliphatic heterocycles. The van der Waals surface area contributed by atoms with E-state index in [9.17, 15) is 9.59 Å². The van der Waals surface area contributed by atoms with Crippen LogP contribution in [0.15, 0.2) is 35.3 Å². The van der Waals surface area contributed by atoms with Crippen LogP contribution in [0.3, 0.4) is 0 Å². The summed E-state index contributed by atoms with van der Waals surface area (Å²) in [6.45, 7) is 3.91. The van der Waals surface area contributed by atoms with Crippen molar-refractivity contribution in [3.8, 4) is 0 Å². The summed E-state index contributed by atoms with van der Waals surface area (Å²) in [7, 11) is 0. The van der Waals surface area contributed by atoms with Crippen LogP contribution < -0.4 is 5.56 Å². The summed E-state index contributed by atoms with van der Waals surface area (Å²) in [6, 6.07) is 7.94. The molecule has 24 heavy (non-hydrogen) atoms. The topological polar surface area (TPSA) is 71.7 Å². The number of carbonyl (C=O) groups is 1. The van der Waals surface area contributed by atoms with E-state index < -0.39 is 5.97 Å². The van der Waals surface area contributed by atoms with Gasteiger partial charge in [-0.1, -0.05) is 48.6 Å². The first-order valence-electron chi connectivity index (χ1n) is 7.53. The average Bonchev–Trinajstić information content (AvgIpc) is 2.99. The van der Waals surface area contributed by atoms with Crippen molar-refractivity contribution < 1.29 is 9.90 Å². The molecule has 0 amide bonds. The van der Waals surface area contributed by atoms with E-state index in [1.165, 1.54) is 10.6 Å². The Morgan fingerprint density at radius 2 is 2.08 bits per heavy atom. The molecule has 0 bridgehead atoms. The highest BCUT2D eigenvalue weighted by Crippen LogP contribution is 2.18. The molecule has 0 aliphatic rings. The lowest BCUT2D eigenvalue weighted by molar-refractivity contribution is 0.0701. The van der Waals surface area contributed by atoms with Crippen molar-refractivity contribution in [3.05, 3.63) is 68.1 Å². The molecule has 6 heteroatoms. The number of aromatic carboxylic acids is 1. The molecule has 1 N–H and O–H groups in total. The van der Waals surface area contributed by atoms with E-state index in [2.05, 4.69) is 4.98 Å². The minimum Gasteiger partial charge on any atom is -0.477 e. The Kier molecular flexibility index (Phi) is 4.31. The van der Waals surface area contributed by atoms with E-state index in [1.807, 2.05) is 50.3 Å². The Bertz CT molecular complexity index is 1010. The zero-order chi connectivity index (χ0) is 17.3. The molecule has 0 radical (unpaired) electrons. The molecule has 0 unspecified atom stereocenters. The van der Waals surface area contributed by atoms with Gasteiger partial charge in [0, 0.05) is 11.8 Å². The maximum absolute atomic E-state index is 12.6. The SMILES string of the molecule is CCc1c(/C=C/c2ccccc2C)nc2sc(C(=O)O)cn2c1=O. The van der Waals surface area contributed by atoms with Crippen LogP contribution in [0.2, 0.25) is 0 Å². The normalized spacial score (nSPS) is 11.4. The fraction of sp³-hybridized carbons (Fsp3) is 0.167. The molecule has 0 atom stereocenters. The highest BCUT2D eigenvalue weighted by molar-refractivity contribution is 7.18. The number of thiazole rings is 1. The molecular weight excluding hydrogens is 324 g/mol. The van der Waals surface area contributed by atoms with Crippen LogP contribution >= 0.6 is 11.3 Å². The van der Waals surface area contributed by atoms with Gasteiger partial charge >= 0.3 is 5.97 Å². The predicted octanol–water partition coefficient (Wildman–Crippen LogP) is 3.50. The first-order chi connectivity index (χ1) is 11.5. The second kappa shape index (κ2) is 6.41. The van der Waals surface area contributed by atoms with Crippen molar-refractivity contribution in [3.63, 3.8) is 0 Å². The second-order valence-corrected chi connectivity index (χ2v) is 6.39. The molecule has 2 aromatic heterocycles. The first kappa shape index (κ1) is 16.1. The fourth-order valence-electron chi connectivity index (χ4n) is 2.51. The lowest BCUT2D eigenvalue weighted by Crippen LogP contribution is -2.19. The van der Waals surface area contributed by atoms with Crippen LogP contribution in [0.5, 0.6) is 0 Å². The number of hydrogen-bond donors (Lipinski definition) is 1. The number of carboxylic acid groups (broad SMARTS) is 1. The summed E-state index contributed by atoms with van der Waals surface area (Å²) in [4.78, 5) is 28.7. The van der Waals surface area contributed by atoms with Crippen LogP contribution in [0.1, 0.15) is 39.0 Å². The van der Waals surface area contributed by atoms with Crippen molar-refractivity contribution in [2.45, 2.75) is 20.3 Å². The Morgan fingerprint density at radius 3 is 2.75 bits per heavy atom. The Labute approximate surface area is 142 Å². The third kappa shape index (κ3) is 2.88. The Hall–Kier alpha value is -2.73. The molecule has 3 aromatic rings. The molecule has 0 saturated heterocycles. The summed E-state index contributed by atoms with van der Waals surface area (Å²) in [5, 5.41) is 9.11. The van der Waals surface area contributed by atoms with E-state index in [0.29, 0.717) is 22.6 Å². The summed E-state index contributed by atoms with van der Waals surface area (Å²) < 4.78 is 1.32. The molecule has 0 spiro atoms. The van der Waals surface area contributed by atoms with Crippen molar-refractivity contribution in [1.29, 1.82) is 0 Å². The minimum atomic E-state index is -1.06. The molecular formula is C18H16N2O3S. The van der Waals surface area contributed by atoms with E-state index in [-0.39, 0.29) is 10.4 Å². The number of carboxylic acids is 1. The first-order valence-corrected chi connectivity index (χ1v) is 8.35. The Morgan fingerprint density at radius 1 is 1.33 bits per heavy atom. The fourth-order valence-corrected chi connectivity index (χ4v) is 3.33. The number of hydrogen-bond acceptors (Lipinski definition) is 4. The Balaban J connectivity index is 2.15. The molecule has 1 aromatic carbocycles. The minimum absolute atomic E-state index is 0.0988. The van der Waals surface area contributed by atoms with Gasteiger partial charge in [-0.15, -0.1) is 0 Å². The van der Waals surface area contributed by atoms with Gasteiger partial charge in [-0.05, 0) is 30.5 Å². The van der Waals surface area contributed by atoms with Crippen molar-refractivity contribution in [2.24, 2.45) is 0 Å². The average molecular weight is 340 g/mol. The van der Waals surface area contributed by atoms with E-state index in [1.54, 1.807) is 0 Å². The number of rotatable bonds is 4. The van der Waals surface area contributed by atoms with E-state index >= 15 is 0 Å². The number of benzene rings is 1. The zero-order valence-corrected chi connectivity index (χ0v) is 14.1. The smallest absolute Gasteiger partial charge is 0.347 e. The molecule has 5 nitrogen and oxygen atoms in total. The monoisotopic (exact) mass is 340 g/mol. The molecule has 122 valence electrons. The maximum atomic E-state index is 12.6. The van der Waals surface area contributed by atoms with Crippen molar-refractivity contribution >= 4 is 34.4 Å². The highest BCUT2D eigenvalue weighted by atomic mass is 32.1. The van der Waals surface area contributed by atoms with Gasteiger partial charge in [0.25, 0.3) is 5.56 Å². The molecule has 0 aliphatic carbocycles. The molecule has 3 rings (SSSR count). The number of fused-ring (bicyclic) bond motifs is 1. The van der Waals surface area contributed by atoms with Crippen LogP contribution in [0.25, 0.3) is 17.1 Å². The van der Waals surface area contributed by atoms with E-state index in [0.717, 1.165) is 22.5 Å². The van der Waals surface area contributed by atoms with Gasteiger partial charge in [-0.25, -0.2) is 9.78 Å². The van der Waals surface area contributed by atoms with Gasteiger partial charge in [-0.3, -0.25) is 9.20 Å². The lowest BCUT2D eigenvalue weighted by Gasteiger charge is -2.04. The zero-order valence-electron chi connectivity index (χ0n) is 13.3. The standard InChI is InChI=1S/C18H16N2O3S/c1-3-13-14(9-8-12-7-5-4-6-11(12)2)19-18-20(16(13)21)10-15(24-18)17(22)23/h4-10H,3H2,1-2H3,(H,22,23)/b9-8+. The van der Waals surface area contributed by atoms with Crippen molar-refractivity contribution in [1.82, 2.24) is 9.38 Å². The van der Waals surface area contributed by atoms with Crippen molar-refractivity contribution in [2.75, 3.05) is 0 Å². The van der Waals surface area contributed by atoms with Crippen LogP contribution in [0, 0.1) is 6.92 Å². The second-order valence-electron chi connectivity index (χ2n) is 5.38. The van der Waals surface area contributed by atoms with Crippen LogP contribution in [-0.4, -0.2) is 20.5 Å². The summed E-state index contributed by atoms with van der Waals surface area (Å²) >= 11 is 0.996. The van der Waals surface area contributed by atoms with Gasteiger partial charge in [0.15, 0.2) is 4.96 Å². The maximum Gasteiger partial charge on any atom is 0.347 e. The van der Waals surface area contributed by atoms with Crippen LogP contribution in [0.4, 0.5) is 0 Å². The van der Waals surface area contributed by atoms with Gasteiger partial charge in [0.2, 0.25) is 0 Å². The summed E-state index contributed by atoms with van der Waals surface area (Å²) in [5.41, 5.74) is 3.14. The van der Waals surface area contributed by atoms with Crippen LogP contribution in [-0.2, 0) is 6.42 Å². The van der Waals surface area contributed by atoms with Gasteiger partial charge in [0.1, 0.15) is 4.88 Å². The van der Waals surface area contributed by atoms with Gasteiger partial charge in [-0.2, -0.15) is 0 Å². The highest BCUT2D eigenvalue weighted by Gasteiger charge is 2.15. The summed E-state index contributed by atoms with van der Waals surface area (Å²) in [6.07, 6.45) is 5.62. The number of aromatic nitrogens is 2. The van der Waals surface area contributed by atoms with Gasteiger partial charge in [0.05, 0.1) is 5.69 Å². The third-order valence-corrected chi connectivity index (χ3v) is 4.80. The van der Waals surface area contributed by atoms with E-state index in [4.69, 9.17) is 5.11 Å². The lowest BCUT2D eigenvalue weighted by atomic mass is 10.1. The third-order valence-electron chi connectivity index (χ3n) is 3.83. The van der Waals surface area contributed by atoms with Gasteiger partial charge < -0.3 is 5.11 Å². The predicted molar refractivity (Wildman–Crippen MR) is 95.8 cm³/mol. The number of nitrogens with zero attached hydrogens (tertiary/aromatic N) is 2. The quantitative estimate of drug-likeness (QED) is 0.789.